The number of carbonyl (C=O) groups is 2. The van der Waals surface area contributed by atoms with Gasteiger partial charge in [-0.25, -0.2) is 0 Å². The van der Waals surface area contributed by atoms with Crippen LogP contribution >= 0.6 is 0 Å². The van der Waals surface area contributed by atoms with Crippen LogP contribution in [0, 0.1) is 0 Å². The van der Waals surface area contributed by atoms with Crippen LogP contribution in [0.2, 0.25) is 0 Å². The van der Waals surface area contributed by atoms with Crippen molar-refractivity contribution in [3.63, 3.8) is 0 Å². The number of phenolic OH excluding ortho intramolecular Hbond substituents is 1. The summed E-state index contributed by atoms with van der Waals surface area (Å²) in [4.78, 5) is 32.5. The Labute approximate surface area is 288 Å². The molecule has 3 fully saturated rings. The number of carboxylic acid groups (broad SMARTS) is 1. The van der Waals surface area contributed by atoms with Gasteiger partial charge in [0.2, 0.25) is 5.91 Å². The quantitative estimate of drug-likeness (QED) is 0.194. The van der Waals surface area contributed by atoms with E-state index in [0.717, 1.165) is 95.8 Å². The van der Waals surface area contributed by atoms with Gasteiger partial charge in [0.15, 0.2) is 5.82 Å². The Bertz CT molecular complexity index is 1570. The highest BCUT2D eigenvalue weighted by Crippen LogP contribution is 2.39. The van der Waals surface area contributed by atoms with Crippen LogP contribution in [-0.4, -0.2) is 107 Å². The number of unbranched alkanes of at least 4 members (excludes halogenated alkanes) is 4. The lowest BCUT2D eigenvalue weighted by Crippen LogP contribution is -2.54. The SMILES string of the molecule is Nc1nnc(-c2ccccc2O)cc1N1CC2CCC(C1)N2c1cccc(OCCN2CCN(C(=O)CCCCCCCC(=O)O)CC2)c1. The van der Waals surface area contributed by atoms with Crippen molar-refractivity contribution in [3.05, 3.63) is 54.6 Å². The molecule has 4 N–H and O–H groups in total. The number of para-hydroxylation sites is 1. The van der Waals surface area contributed by atoms with Crippen LogP contribution in [0.25, 0.3) is 11.3 Å². The van der Waals surface area contributed by atoms with Gasteiger partial charge in [0.05, 0.1) is 11.4 Å². The molecule has 1 amide bonds. The minimum Gasteiger partial charge on any atom is -0.507 e. The van der Waals surface area contributed by atoms with Crippen molar-refractivity contribution < 1.29 is 24.5 Å². The maximum absolute atomic E-state index is 12.7. The molecule has 0 aliphatic carbocycles. The van der Waals surface area contributed by atoms with E-state index in [9.17, 15) is 14.7 Å². The van der Waals surface area contributed by atoms with E-state index in [-0.39, 0.29) is 18.1 Å². The topological polar surface area (TPSA) is 149 Å². The third-order valence-electron chi connectivity index (χ3n) is 10.1. The lowest BCUT2D eigenvalue weighted by atomic mass is 10.1. The summed E-state index contributed by atoms with van der Waals surface area (Å²) in [6.07, 6.45) is 7.45. The van der Waals surface area contributed by atoms with E-state index in [1.807, 2.05) is 29.2 Å². The van der Waals surface area contributed by atoms with E-state index in [2.05, 4.69) is 43.1 Å². The number of aromatic nitrogens is 2. The first-order chi connectivity index (χ1) is 23.9. The Hall–Kier alpha value is -4.58. The smallest absolute Gasteiger partial charge is 0.303 e. The van der Waals surface area contributed by atoms with Crippen LogP contribution in [0.4, 0.5) is 17.2 Å². The zero-order valence-corrected chi connectivity index (χ0v) is 28.3. The minimum atomic E-state index is -0.738. The number of carbonyl (C=O) groups excluding carboxylic acids is 1. The minimum absolute atomic E-state index is 0.167. The number of nitrogens with two attached hydrogens (primary N) is 1. The average Bonchev–Trinajstić information content (AvgIpc) is 3.37. The zero-order valence-electron chi connectivity index (χ0n) is 28.3. The Morgan fingerprint density at radius 3 is 2.31 bits per heavy atom. The molecule has 262 valence electrons. The van der Waals surface area contributed by atoms with Gasteiger partial charge in [-0.2, -0.15) is 0 Å². The fraction of sp³-hybridized carbons (Fsp3) is 0.514. The standard InChI is InChI=1S/C37H49N7O5/c38-37-33(24-32(39-40-37)31-11-6-7-12-34(31)45)43-25-28-15-16-29(26-43)44(28)27-9-8-10-30(23-27)49-22-21-41-17-19-42(20-18-41)35(46)13-4-2-1-3-5-14-36(47)48/h6-12,23-24,28-29,45H,1-5,13-22,25-26H2,(H2,38,40)(H,47,48). The van der Waals surface area contributed by atoms with Crippen molar-refractivity contribution in [1.82, 2.24) is 20.0 Å². The van der Waals surface area contributed by atoms with E-state index in [4.69, 9.17) is 15.6 Å². The fourth-order valence-corrected chi connectivity index (χ4v) is 7.48. The number of aromatic hydroxyl groups is 1. The predicted molar refractivity (Wildman–Crippen MR) is 190 cm³/mol. The molecular formula is C37H49N7O5. The van der Waals surface area contributed by atoms with Gasteiger partial charge in [-0.1, -0.05) is 37.5 Å². The molecule has 3 aliphatic heterocycles. The Morgan fingerprint density at radius 1 is 0.857 bits per heavy atom. The summed E-state index contributed by atoms with van der Waals surface area (Å²) in [6, 6.07) is 18.2. The number of fused-ring (bicyclic) bond motifs is 2. The molecule has 2 bridgehead atoms. The lowest BCUT2D eigenvalue weighted by molar-refractivity contribution is -0.137. The molecule has 2 aromatic carbocycles. The molecule has 0 spiro atoms. The van der Waals surface area contributed by atoms with E-state index in [0.29, 0.717) is 48.6 Å². The maximum atomic E-state index is 12.7. The highest BCUT2D eigenvalue weighted by Gasteiger charge is 2.41. The second-order valence-corrected chi connectivity index (χ2v) is 13.4. The predicted octanol–water partition coefficient (Wildman–Crippen LogP) is 4.63. The summed E-state index contributed by atoms with van der Waals surface area (Å²) in [5.41, 5.74) is 9.60. The molecule has 3 saturated heterocycles. The third-order valence-corrected chi connectivity index (χ3v) is 10.1. The Balaban J connectivity index is 0.947. The van der Waals surface area contributed by atoms with Gasteiger partial charge in [-0.3, -0.25) is 14.5 Å². The number of anilines is 3. The number of benzene rings is 2. The molecule has 12 heteroatoms. The van der Waals surface area contributed by atoms with Crippen LogP contribution < -0.4 is 20.3 Å². The van der Waals surface area contributed by atoms with Crippen LogP contribution in [0.1, 0.15) is 57.8 Å². The van der Waals surface area contributed by atoms with Crippen molar-refractivity contribution in [3.8, 4) is 22.8 Å². The van der Waals surface area contributed by atoms with Gasteiger partial charge >= 0.3 is 5.97 Å². The first-order valence-corrected chi connectivity index (χ1v) is 17.8. The number of nitrogen functional groups attached to an aromatic ring is 1. The first-order valence-electron chi connectivity index (χ1n) is 17.8. The van der Waals surface area contributed by atoms with Crippen molar-refractivity contribution in [2.45, 2.75) is 69.9 Å². The largest absolute Gasteiger partial charge is 0.507 e. The highest BCUT2D eigenvalue weighted by atomic mass is 16.5. The van der Waals surface area contributed by atoms with E-state index >= 15 is 0 Å². The molecule has 0 radical (unpaired) electrons. The molecule has 6 rings (SSSR count). The van der Waals surface area contributed by atoms with Crippen LogP contribution in [0.5, 0.6) is 11.5 Å². The number of amides is 1. The zero-order chi connectivity index (χ0) is 34.2. The summed E-state index contributed by atoms with van der Waals surface area (Å²) >= 11 is 0. The number of carboxylic acids is 1. The van der Waals surface area contributed by atoms with E-state index in [1.165, 1.54) is 5.69 Å². The molecule has 12 nitrogen and oxygen atoms in total. The highest BCUT2D eigenvalue weighted by molar-refractivity contribution is 5.76. The average molecular weight is 672 g/mol. The van der Waals surface area contributed by atoms with Gasteiger partial charge < -0.3 is 35.4 Å². The van der Waals surface area contributed by atoms with Crippen LogP contribution in [0.15, 0.2) is 54.6 Å². The van der Waals surface area contributed by atoms with Crippen molar-refractivity contribution in [1.29, 1.82) is 0 Å². The second kappa shape index (κ2) is 16.2. The van der Waals surface area contributed by atoms with Crippen LogP contribution in [-0.2, 0) is 9.59 Å². The Kier molecular flexibility index (Phi) is 11.3. The Morgan fingerprint density at radius 2 is 1.57 bits per heavy atom. The number of hydrogen-bond donors (Lipinski definition) is 3. The number of ether oxygens (including phenoxy) is 1. The maximum Gasteiger partial charge on any atom is 0.303 e. The monoisotopic (exact) mass is 671 g/mol. The van der Waals surface area contributed by atoms with Gasteiger partial charge in [0, 0.05) is 88.1 Å². The third kappa shape index (κ3) is 8.72. The van der Waals surface area contributed by atoms with E-state index in [1.54, 1.807) is 12.1 Å². The molecule has 3 aliphatic rings. The molecular weight excluding hydrogens is 622 g/mol. The number of aliphatic carboxylic acids is 1. The summed E-state index contributed by atoms with van der Waals surface area (Å²) in [5, 5.41) is 27.6. The summed E-state index contributed by atoms with van der Waals surface area (Å²) in [7, 11) is 0. The van der Waals surface area contributed by atoms with Crippen molar-refractivity contribution in [2.75, 3.05) is 68.0 Å². The first kappa shape index (κ1) is 34.3. The number of piperazine rings is 2. The van der Waals surface area contributed by atoms with Gasteiger partial charge in [0.1, 0.15) is 18.1 Å². The number of nitrogens with zero attached hydrogens (tertiary/aromatic N) is 6. The lowest BCUT2D eigenvalue weighted by Gasteiger charge is -2.43. The number of hydrogen-bond acceptors (Lipinski definition) is 10. The molecule has 4 heterocycles. The summed E-state index contributed by atoms with van der Waals surface area (Å²) in [6.45, 7) is 6.25. The summed E-state index contributed by atoms with van der Waals surface area (Å²) < 4.78 is 6.24. The van der Waals surface area contributed by atoms with Crippen LogP contribution in [0.3, 0.4) is 0 Å². The summed E-state index contributed by atoms with van der Waals surface area (Å²) in [5.74, 6) is 0.921. The molecule has 49 heavy (non-hydrogen) atoms. The van der Waals surface area contributed by atoms with Crippen molar-refractivity contribution in [2.24, 2.45) is 0 Å². The second-order valence-electron chi connectivity index (χ2n) is 13.4. The molecule has 1 aromatic heterocycles. The molecule has 2 unspecified atom stereocenters. The number of rotatable bonds is 15. The van der Waals surface area contributed by atoms with Crippen molar-refractivity contribution >= 4 is 29.1 Å². The molecule has 3 aromatic rings. The molecule has 2 atom stereocenters. The normalized spacial score (nSPS) is 19.3. The number of phenols is 1. The molecule has 0 saturated carbocycles. The van der Waals surface area contributed by atoms with E-state index < -0.39 is 5.97 Å². The van der Waals surface area contributed by atoms with Gasteiger partial charge in [0.25, 0.3) is 0 Å². The van der Waals surface area contributed by atoms with Gasteiger partial charge in [-0.15, -0.1) is 10.2 Å². The van der Waals surface area contributed by atoms with Gasteiger partial charge in [-0.05, 0) is 56.0 Å². The fourth-order valence-electron chi connectivity index (χ4n) is 7.48.